The Morgan fingerprint density at radius 1 is 1.11 bits per heavy atom. The average Bonchev–Trinajstić information content (AvgIpc) is 2.70. The first-order valence-electron chi connectivity index (χ1n) is 5.29. The second-order valence-electron chi connectivity index (χ2n) is 3.90. The molecule has 0 unspecified atom stereocenters. The van der Waals surface area contributed by atoms with Gasteiger partial charge in [0.1, 0.15) is 5.56 Å². The summed E-state index contributed by atoms with van der Waals surface area (Å²) < 4.78 is 0.0948. The van der Waals surface area contributed by atoms with Gasteiger partial charge in [-0.1, -0.05) is 18.2 Å². The normalized spacial score (nSPS) is 10.9. The zero-order valence-corrected chi connectivity index (χ0v) is 9.97. The number of aromatic nitrogens is 3. The molecule has 5 nitrogen and oxygen atoms in total. The van der Waals surface area contributed by atoms with Crippen LogP contribution < -0.4 is 5.56 Å². The topological polar surface area (TPSA) is 84.7 Å². The van der Waals surface area contributed by atoms with E-state index in [2.05, 4.69) is 15.0 Å². The predicted molar refractivity (Wildman–Crippen MR) is 71.2 cm³/mol. The van der Waals surface area contributed by atoms with Gasteiger partial charge in [0.15, 0.2) is 4.77 Å². The minimum atomic E-state index is -0.428. The van der Waals surface area contributed by atoms with Crippen LogP contribution in [0.2, 0.25) is 0 Å². The van der Waals surface area contributed by atoms with Gasteiger partial charge < -0.3 is 15.1 Å². The third-order valence-electron chi connectivity index (χ3n) is 2.72. The quantitative estimate of drug-likeness (QED) is 0.506. The molecule has 0 spiro atoms. The van der Waals surface area contributed by atoms with E-state index in [0.717, 1.165) is 10.9 Å². The van der Waals surface area contributed by atoms with Gasteiger partial charge in [-0.2, -0.15) is 0 Å². The monoisotopic (exact) mass is 259 g/mol. The third-order valence-corrected chi connectivity index (χ3v) is 2.93. The summed E-state index contributed by atoms with van der Waals surface area (Å²) in [4.78, 5) is 19.9. The molecule has 0 fully saturated rings. The van der Waals surface area contributed by atoms with Gasteiger partial charge in [0.25, 0.3) is 5.56 Å². The van der Waals surface area contributed by atoms with Crippen molar-refractivity contribution in [2.45, 2.75) is 0 Å². The highest BCUT2D eigenvalue weighted by Crippen LogP contribution is 2.25. The molecule has 0 aliphatic heterocycles. The number of aromatic hydroxyl groups is 1. The van der Waals surface area contributed by atoms with Crippen molar-refractivity contribution in [3.05, 3.63) is 45.5 Å². The number of aromatic amines is 3. The highest BCUT2D eigenvalue weighted by Gasteiger charge is 2.12. The Balaban J connectivity index is 2.33. The molecule has 2 heterocycles. The summed E-state index contributed by atoms with van der Waals surface area (Å²) in [6.07, 6.45) is 0. The molecule has 0 aliphatic rings. The highest BCUT2D eigenvalue weighted by molar-refractivity contribution is 7.71. The van der Waals surface area contributed by atoms with E-state index in [4.69, 9.17) is 12.2 Å². The maximum absolute atomic E-state index is 11.8. The van der Waals surface area contributed by atoms with Crippen molar-refractivity contribution in [3.63, 3.8) is 0 Å². The van der Waals surface area contributed by atoms with Crippen LogP contribution in [0.3, 0.4) is 0 Å². The fourth-order valence-corrected chi connectivity index (χ4v) is 2.12. The van der Waals surface area contributed by atoms with Crippen molar-refractivity contribution in [1.82, 2.24) is 15.0 Å². The molecule has 0 aliphatic carbocycles. The van der Waals surface area contributed by atoms with Gasteiger partial charge in [0, 0.05) is 10.9 Å². The second kappa shape index (κ2) is 3.85. The summed E-state index contributed by atoms with van der Waals surface area (Å²) in [6, 6.07) is 9.42. The Bertz CT molecular complexity index is 811. The van der Waals surface area contributed by atoms with E-state index in [-0.39, 0.29) is 16.2 Å². The minimum Gasteiger partial charge on any atom is -0.494 e. The van der Waals surface area contributed by atoms with Crippen LogP contribution in [0.15, 0.2) is 35.1 Å². The van der Waals surface area contributed by atoms with Crippen molar-refractivity contribution in [1.29, 1.82) is 0 Å². The lowest BCUT2D eigenvalue weighted by Gasteiger charge is -2.00. The number of H-pyrrole nitrogens is 3. The fraction of sp³-hybridized carbons (Fsp3) is 0. The maximum Gasteiger partial charge on any atom is 0.264 e. The summed E-state index contributed by atoms with van der Waals surface area (Å²) in [5.74, 6) is -0.240. The van der Waals surface area contributed by atoms with E-state index in [1.807, 2.05) is 24.3 Å². The number of hydrogen-bond acceptors (Lipinski definition) is 3. The van der Waals surface area contributed by atoms with Gasteiger partial charge in [0.05, 0.1) is 5.69 Å². The fourth-order valence-electron chi connectivity index (χ4n) is 1.93. The van der Waals surface area contributed by atoms with Gasteiger partial charge in [-0.3, -0.25) is 9.78 Å². The number of para-hydroxylation sites is 1. The molecule has 6 heteroatoms. The average molecular weight is 259 g/mol. The van der Waals surface area contributed by atoms with Crippen LogP contribution in [-0.2, 0) is 0 Å². The Hall–Kier alpha value is -2.34. The molecule has 0 radical (unpaired) electrons. The van der Waals surface area contributed by atoms with Gasteiger partial charge in [-0.05, 0) is 24.4 Å². The van der Waals surface area contributed by atoms with E-state index < -0.39 is 5.56 Å². The Labute approximate surface area is 106 Å². The zero-order valence-electron chi connectivity index (χ0n) is 9.15. The van der Waals surface area contributed by atoms with E-state index in [1.54, 1.807) is 6.07 Å². The number of nitrogens with one attached hydrogen (secondary N) is 3. The largest absolute Gasteiger partial charge is 0.494 e. The first-order chi connectivity index (χ1) is 8.65. The molecule has 3 aromatic rings. The Morgan fingerprint density at radius 2 is 1.89 bits per heavy atom. The number of rotatable bonds is 1. The summed E-state index contributed by atoms with van der Waals surface area (Å²) in [7, 11) is 0. The minimum absolute atomic E-state index is 0.0948. The van der Waals surface area contributed by atoms with E-state index in [1.165, 1.54) is 0 Å². The Kier molecular flexibility index (Phi) is 2.31. The molecule has 0 bridgehead atoms. The van der Waals surface area contributed by atoms with Crippen molar-refractivity contribution in [2.24, 2.45) is 0 Å². The molecule has 0 saturated carbocycles. The van der Waals surface area contributed by atoms with Crippen LogP contribution in [0, 0.1) is 4.77 Å². The molecule has 4 N–H and O–H groups in total. The Morgan fingerprint density at radius 3 is 2.61 bits per heavy atom. The summed E-state index contributed by atoms with van der Waals surface area (Å²) in [5, 5.41) is 10.8. The highest BCUT2D eigenvalue weighted by atomic mass is 32.1. The number of fused-ring (bicyclic) bond motifs is 1. The van der Waals surface area contributed by atoms with Gasteiger partial charge in [-0.15, -0.1) is 0 Å². The molecule has 0 atom stereocenters. The molecular formula is C12H9N3O2S. The van der Waals surface area contributed by atoms with Crippen LogP contribution in [-0.4, -0.2) is 20.1 Å². The van der Waals surface area contributed by atoms with Gasteiger partial charge in [-0.25, -0.2) is 0 Å². The molecule has 18 heavy (non-hydrogen) atoms. The van der Waals surface area contributed by atoms with Crippen molar-refractivity contribution >= 4 is 23.1 Å². The number of hydrogen-bond donors (Lipinski definition) is 4. The SMILES string of the molecule is O=c1[nH]c(=S)[nH]c(O)c1-c1cc2ccccc2[nH]1. The molecule has 1 aromatic carbocycles. The standard InChI is InChI=1S/C12H9N3O2S/c16-10-9(11(17)15-12(18)14-10)8-5-6-3-1-2-4-7(6)13-8/h1-5,13H,(H3,14,15,16,17,18). The lowest BCUT2D eigenvalue weighted by Crippen LogP contribution is -2.10. The molecule has 0 amide bonds. The molecule has 2 aromatic heterocycles. The van der Waals surface area contributed by atoms with Gasteiger partial charge >= 0.3 is 0 Å². The lowest BCUT2D eigenvalue weighted by atomic mass is 10.2. The van der Waals surface area contributed by atoms with Crippen LogP contribution in [0.1, 0.15) is 0 Å². The lowest BCUT2D eigenvalue weighted by molar-refractivity contribution is 0.452. The summed E-state index contributed by atoms with van der Waals surface area (Å²) >= 11 is 4.78. The zero-order chi connectivity index (χ0) is 12.7. The van der Waals surface area contributed by atoms with Gasteiger partial charge in [0.2, 0.25) is 5.88 Å². The third kappa shape index (κ3) is 1.63. The first kappa shape index (κ1) is 10.8. The summed E-state index contributed by atoms with van der Waals surface area (Å²) in [5.41, 5.74) is 1.16. The van der Waals surface area contributed by atoms with E-state index in [9.17, 15) is 9.90 Å². The maximum atomic E-state index is 11.8. The summed E-state index contributed by atoms with van der Waals surface area (Å²) in [6.45, 7) is 0. The van der Waals surface area contributed by atoms with Crippen LogP contribution in [0.25, 0.3) is 22.2 Å². The van der Waals surface area contributed by atoms with Crippen molar-refractivity contribution in [2.75, 3.05) is 0 Å². The molecule has 0 saturated heterocycles. The molecule has 3 rings (SSSR count). The molecule has 90 valence electrons. The predicted octanol–water partition coefficient (Wildman–Crippen LogP) is 2.29. The first-order valence-corrected chi connectivity index (χ1v) is 5.69. The molecular weight excluding hydrogens is 250 g/mol. The van der Waals surface area contributed by atoms with E-state index in [0.29, 0.717) is 5.69 Å². The van der Waals surface area contributed by atoms with Crippen LogP contribution in [0.4, 0.5) is 0 Å². The van der Waals surface area contributed by atoms with E-state index >= 15 is 0 Å². The van der Waals surface area contributed by atoms with Crippen molar-refractivity contribution < 1.29 is 5.11 Å². The van der Waals surface area contributed by atoms with Crippen molar-refractivity contribution in [3.8, 4) is 17.1 Å². The van der Waals surface area contributed by atoms with Crippen LogP contribution >= 0.6 is 12.2 Å². The smallest absolute Gasteiger partial charge is 0.264 e. The second-order valence-corrected chi connectivity index (χ2v) is 4.31. The van der Waals surface area contributed by atoms with Crippen LogP contribution in [0.5, 0.6) is 5.88 Å². The number of benzene rings is 1.